The number of hydrogen-bond acceptors (Lipinski definition) is 4. The van der Waals surface area contributed by atoms with Gasteiger partial charge >= 0.3 is 0 Å². The highest BCUT2D eigenvalue weighted by molar-refractivity contribution is 5.31. The highest BCUT2D eigenvalue weighted by Gasteiger charge is 2.31. The van der Waals surface area contributed by atoms with E-state index in [0.717, 1.165) is 24.2 Å². The summed E-state index contributed by atoms with van der Waals surface area (Å²) in [5, 5.41) is 8.89. The molecule has 1 atom stereocenters. The van der Waals surface area contributed by atoms with Crippen LogP contribution in [0.15, 0.2) is 24.3 Å². The van der Waals surface area contributed by atoms with E-state index >= 15 is 0 Å². The number of benzene rings is 1. The fourth-order valence-corrected chi connectivity index (χ4v) is 4.22. The van der Waals surface area contributed by atoms with E-state index in [1.54, 1.807) is 0 Å². The molecule has 2 saturated heterocycles. The largest absolute Gasteiger partial charge is 0.304 e. The van der Waals surface area contributed by atoms with Crippen molar-refractivity contribution >= 4 is 0 Å². The van der Waals surface area contributed by atoms with Gasteiger partial charge in [0, 0.05) is 38.3 Å². The first-order chi connectivity index (χ1) is 11.7. The molecule has 0 amide bonds. The second-order valence-corrected chi connectivity index (χ2v) is 7.38. The lowest BCUT2D eigenvalue weighted by molar-refractivity contribution is 0.0204. The molecule has 2 heterocycles. The molecule has 3 rings (SSSR count). The van der Waals surface area contributed by atoms with Gasteiger partial charge in [0.1, 0.15) is 0 Å². The van der Waals surface area contributed by atoms with Gasteiger partial charge < -0.3 is 4.90 Å². The summed E-state index contributed by atoms with van der Waals surface area (Å²) in [4.78, 5) is 7.83. The lowest BCUT2D eigenvalue weighted by Gasteiger charge is -2.46. The molecule has 0 saturated carbocycles. The maximum atomic E-state index is 8.89. The van der Waals surface area contributed by atoms with Crippen molar-refractivity contribution in [1.82, 2.24) is 14.7 Å². The average molecular weight is 326 g/mol. The first-order valence-electron chi connectivity index (χ1n) is 9.35. The smallest absolute Gasteiger partial charge is 0.0991 e. The van der Waals surface area contributed by atoms with Crippen molar-refractivity contribution in [3.63, 3.8) is 0 Å². The molecule has 24 heavy (non-hydrogen) atoms. The molecule has 1 aromatic carbocycles. The van der Waals surface area contributed by atoms with Gasteiger partial charge in [-0.2, -0.15) is 5.26 Å². The lowest BCUT2D eigenvalue weighted by atomic mass is 9.98. The van der Waals surface area contributed by atoms with Crippen molar-refractivity contribution in [2.75, 3.05) is 39.8 Å². The molecule has 0 aliphatic carbocycles. The van der Waals surface area contributed by atoms with E-state index in [0.29, 0.717) is 0 Å². The Hall–Kier alpha value is -1.41. The van der Waals surface area contributed by atoms with Crippen LogP contribution < -0.4 is 0 Å². The summed E-state index contributed by atoms with van der Waals surface area (Å²) < 4.78 is 0. The molecular formula is C20H30N4. The number of piperidine rings is 1. The normalized spacial score (nSPS) is 24.8. The number of rotatable bonds is 4. The molecule has 2 fully saturated rings. The number of piperazine rings is 1. The third kappa shape index (κ3) is 4.16. The van der Waals surface area contributed by atoms with Crippen molar-refractivity contribution in [3.8, 4) is 6.07 Å². The molecule has 1 unspecified atom stereocenters. The van der Waals surface area contributed by atoms with Crippen molar-refractivity contribution in [3.05, 3.63) is 35.4 Å². The molecule has 2 aliphatic heterocycles. The zero-order chi connectivity index (χ0) is 16.9. The van der Waals surface area contributed by atoms with E-state index in [-0.39, 0.29) is 0 Å². The first-order valence-corrected chi connectivity index (χ1v) is 9.35. The van der Waals surface area contributed by atoms with Crippen molar-refractivity contribution in [2.24, 2.45) is 0 Å². The van der Waals surface area contributed by atoms with E-state index in [2.05, 4.69) is 46.9 Å². The zero-order valence-corrected chi connectivity index (χ0v) is 15.1. The van der Waals surface area contributed by atoms with Crippen molar-refractivity contribution in [2.45, 2.75) is 44.8 Å². The second kappa shape index (κ2) is 8.11. The van der Waals surface area contributed by atoms with Crippen LogP contribution in [0.5, 0.6) is 0 Å². The standard InChI is InChI=1S/C20H30N4/c1-3-19-16-22(2)12-13-24(19)20-8-10-23(11-9-20)15-18-6-4-17(14-21)5-7-18/h4-7,19-20H,3,8-13,15-16H2,1-2H3. The molecule has 1 aromatic rings. The summed E-state index contributed by atoms with van der Waals surface area (Å²) in [5.74, 6) is 0. The monoisotopic (exact) mass is 326 g/mol. The minimum atomic E-state index is 0.735. The topological polar surface area (TPSA) is 33.5 Å². The molecule has 0 radical (unpaired) electrons. The molecule has 4 nitrogen and oxygen atoms in total. The van der Waals surface area contributed by atoms with Gasteiger partial charge in [-0.3, -0.25) is 9.80 Å². The molecule has 2 aliphatic rings. The van der Waals surface area contributed by atoms with E-state index in [9.17, 15) is 0 Å². The lowest BCUT2D eigenvalue weighted by Crippen LogP contribution is -2.57. The van der Waals surface area contributed by atoms with Gasteiger partial charge in [-0.1, -0.05) is 19.1 Å². The fourth-order valence-electron chi connectivity index (χ4n) is 4.22. The first kappa shape index (κ1) is 17.4. The minimum Gasteiger partial charge on any atom is -0.304 e. The third-order valence-electron chi connectivity index (χ3n) is 5.72. The highest BCUT2D eigenvalue weighted by Crippen LogP contribution is 2.23. The number of nitrogens with zero attached hydrogens (tertiary/aromatic N) is 4. The summed E-state index contributed by atoms with van der Waals surface area (Å²) in [6, 6.07) is 11.7. The van der Waals surface area contributed by atoms with Crippen LogP contribution in [-0.4, -0.2) is 66.6 Å². The minimum absolute atomic E-state index is 0.735. The fraction of sp³-hybridized carbons (Fsp3) is 0.650. The molecular weight excluding hydrogens is 296 g/mol. The summed E-state index contributed by atoms with van der Waals surface area (Å²) in [5.41, 5.74) is 2.07. The third-order valence-corrected chi connectivity index (χ3v) is 5.72. The van der Waals surface area contributed by atoms with Crippen LogP contribution >= 0.6 is 0 Å². The molecule has 0 bridgehead atoms. The summed E-state index contributed by atoms with van der Waals surface area (Å²) in [6.07, 6.45) is 3.84. The Bertz CT molecular complexity index is 554. The van der Waals surface area contributed by atoms with Crippen LogP contribution in [0, 0.1) is 11.3 Å². The van der Waals surface area contributed by atoms with Gasteiger partial charge in [0.25, 0.3) is 0 Å². The number of likely N-dealkylation sites (N-methyl/N-ethyl adjacent to an activating group) is 1. The number of nitriles is 1. The quantitative estimate of drug-likeness (QED) is 0.851. The van der Waals surface area contributed by atoms with Gasteiger partial charge in [-0.15, -0.1) is 0 Å². The molecule has 0 spiro atoms. The van der Waals surface area contributed by atoms with Crippen LogP contribution in [0.25, 0.3) is 0 Å². The van der Waals surface area contributed by atoms with E-state index in [1.165, 1.54) is 57.5 Å². The van der Waals surface area contributed by atoms with Crippen LogP contribution in [0.4, 0.5) is 0 Å². The van der Waals surface area contributed by atoms with E-state index in [4.69, 9.17) is 5.26 Å². The Morgan fingerprint density at radius 2 is 1.79 bits per heavy atom. The Morgan fingerprint density at radius 1 is 1.08 bits per heavy atom. The predicted molar refractivity (Wildman–Crippen MR) is 97.7 cm³/mol. The summed E-state index contributed by atoms with van der Waals surface area (Å²) in [7, 11) is 2.25. The van der Waals surface area contributed by atoms with Crippen molar-refractivity contribution < 1.29 is 0 Å². The Labute approximate surface area is 146 Å². The van der Waals surface area contributed by atoms with Crippen LogP contribution in [0.3, 0.4) is 0 Å². The molecule has 0 N–H and O–H groups in total. The number of hydrogen-bond donors (Lipinski definition) is 0. The number of likely N-dealkylation sites (tertiary alicyclic amines) is 1. The van der Waals surface area contributed by atoms with Crippen LogP contribution in [0.1, 0.15) is 37.3 Å². The van der Waals surface area contributed by atoms with Gasteiger partial charge in [-0.25, -0.2) is 0 Å². The van der Waals surface area contributed by atoms with Gasteiger partial charge in [-0.05, 0) is 57.1 Å². The van der Waals surface area contributed by atoms with E-state index in [1.807, 2.05) is 12.1 Å². The molecule has 0 aromatic heterocycles. The molecule has 130 valence electrons. The van der Waals surface area contributed by atoms with Gasteiger partial charge in [0.2, 0.25) is 0 Å². The maximum Gasteiger partial charge on any atom is 0.0991 e. The van der Waals surface area contributed by atoms with Gasteiger partial charge in [0.05, 0.1) is 11.6 Å². The Morgan fingerprint density at radius 3 is 2.42 bits per heavy atom. The average Bonchev–Trinajstić information content (AvgIpc) is 2.63. The Kier molecular flexibility index (Phi) is 5.89. The maximum absolute atomic E-state index is 8.89. The zero-order valence-electron chi connectivity index (χ0n) is 15.1. The van der Waals surface area contributed by atoms with E-state index < -0.39 is 0 Å². The summed E-state index contributed by atoms with van der Waals surface area (Å²) >= 11 is 0. The van der Waals surface area contributed by atoms with Crippen molar-refractivity contribution in [1.29, 1.82) is 5.26 Å². The van der Waals surface area contributed by atoms with Crippen LogP contribution in [0.2, 0.25) is 0 Å². The molecule has 4 heteroatoms. The second-order valence-electron chi connectivity index (χ2n) is 7.38. The van der Waals surface area contributed by atoms with Crippen LogP contribution in [-0.2, 0) is 6.54 Å². The Balaban J connectivity index is 1.51. The summed E-state index contributed by atoms with van der Waals surface area (Å²) in [6.45, 7) is 9.38. The van der Waals surface area contributed by atoms with Gasteiger partial charge in [0.15, 0.2) is 0 Å². The highest BCUT2D eigenvalue weighted by atomic mass is 15.3. The predicted octanol–water partition coefficient (Wildman–Crippen LogP) is 2.55. The SMILES string of the molecule is CCC1CN(C)CCN1C1CCN(Cc2ccc(C#N)cc2)CC1.